The van der Waals surface area contributed by atoms with Crippen molar-refractivity contribution in [2.45, 2.75) is 17.9 Å². The topological polar surface area (TPSA) is 79.0 Å². The second-order valence-corrected chi connectivity index (χ2v) is 10.6. The molecule has 0 spiro atoms. The van der Waals surface area contributed by atoms with E-state index in [0.717, 1.165) is 19.5 Å². The third-order valence-corrected chi connectivity index (χ3v) is 8.45. The molecular formula is C22H25Cl2N3O4S. The van der Waals surface area contributed by atoms with E-state index >= 15 is 0 Å². The van der Waals surface area contributed by atoms with Crippen LogP contribution in [0.4, 0.5) is 0 Å². The Kier molecular flexibility index (Phi) is 7.39. The second-order valence-electron chi connectivity index (χ2n) is 7.83. The molecule has 1 N–H and O–H groups in total. The standard InChI is InChI=1S/C22H25Cl2N3O4S/c23-19-14-20(24)21(32(29,30)27-9-11-31-12-10-27)13-18(19)22(28)25-6-8-26-7-5-16-3-1-2-4-17(16)15-26/h1-4,13-14H,5-12,15H2,(H,25,28). The van der Waals surface area contributed by atoms with Crippen LogP contribution in [0.5, 0.6) is 0 Å². The minimum absolute atomic E-state index is 0.00924. The zero-order chi connectivity index (χ0) is 22.7. The smallest absolute Gasteiger partial charge is 0.252 e. The number of sulfonamides is 1. The van der Waals surface area contributed by atoms with Gasteiger partial charge in [0.05, 0.1) is 28.8 Å². The second kappa shape index (κ2) is 10.1. The van der Waals surface area contributed by atoms with Crippen molar-refractivity contribution in [1.29, 1.82) is 0 Å². The largest absolute Gasteiger partial charge is 0.379 e. The maximum absolute atomic E-state index is 13.0. The van der Waals surface area contributed by atoms with Gasteiger partial charge in [-0.3, -0.25) is 9.69 Å². The number of hydrogen-bond acceptors (Lipinski definition) is 5. The maximum atomic E-state index is 13.0. The van der Waals surface area contributed by atoms with E-state index in [1.807, 2.05) is 6.07 Å². The van der Waals surface area contributed by atoms with Gasteiger partial charge in [0.1, 0.15) is 4.90 Å². The number of morpholine rings is 1. The average molecular weight is 498 g/mol. The third-order valence-electron chi connectivity index (χ3n) is 5.78. The van der Waals surface area contributed by atoms with Crippen molar-refractivity contribution in [3.8, 4) is 0 Å². The minimum atomic E-state index is -3.86. The number of benzene rings is 2. The van der Waals surface area contributed by atoms with Crippen LogP contribution in [0, 0.1) is 0 Å². The Bertz CT molecular complexity index is 1100. The van der Waals surface area contributed by atoms with Crippen LogP contribution >= 0.6 is 23.2 Å². The van der Waals surface area contributed by atoms with Gasteiger partial charge in [0.25, 0.3) is 5.91 Å². The molecule has 0 aromatic heterocycles. The fourth-order valence-electron chi connectivity index (χ4n) is 3.99. The Balaban J connectivity index is 1.42. The Labute approximate surface area is 198 Å². The highest BCUT2D eigenvalue weighted by Gasteiger charge is 2.30. The van der Waals surface area contributed by atoms with Crippen molar-refractivity contribution in [1.82, 2.24) is 14.5 Å². The molecule has 0 saturated carbocycles. The highest BCUT2D eigenvalue weighted by atomic mass is 35.5. The molecule has 1 saturated heterocycles. The SMILES string of the molecule is O=C(NCCN1CCc2ccccc2C1)c1cc(S(=O)(=O)N2CCOCC2)c(Cl)cc1Cl. The Morgan fingerprint density at radius 2 is 1.75 bits per heavy atom. The summed E-state index contributed by atoms with van der Waals surface area (Å²) in [6, 6.07) is 11.0. The van der Waals surface area contributed by atoms with Gasteiger partial charge in [-0.1, -0.05) is 47.5 Å². The van der Waals surface area contributed by atoms with Crippen LogP contribution in [0.15, 0.2) is 41.3 Å². The van der Waals surface area contributed by atoms with Crippen molar-refractivity contribution < 1.29 is 17.9 Å². The number of nitrogens with one attached hydrogen (secondary N) is 1. The van der Waals surface area contributed by atoms with Crippen LogP contribution in [-0.4, -0.2) is 69.5 Å². The summed E-state index contributed by atoms with van der Waals surface area (Å²) in [6.45, 7) is 3.99. The first-order valence-electron chi connectivity index (χ1n) is 10.5. The van der Waals surface area contributed by atoms with Crippen molar-refractivity contribution in [3.05, 3.63) is 63.1 Å². The van der Waals surface area contributed by atoms with Crippen LogP contribution in [0.3, 0.4) is 0 Å². The summed E-state index contributed by atoms with van der Waals surface area (Å²) in [5.41, 5.74) is 2.77. The molecule has 32 heavy (non-hydrogen) atoms. The van der Waals surface area contributed by atoms with Crippen LogP contribution in [-0.2, 0) is 27.7 Å². The summed E-state index contributed by atoms with van der Waals surface area (Å²) in [5.74, 6) is -0.428. The summed E-state index contributed by atoms with van der Waals surface area (Å²) >= 11 is 12.4. The first-order valence-corrected chi connectivity index (χ1v) is 12.7. The molecule has 10 heteroatoms. The third kappa shape index (κ3) is 5.11. The van der Waals surface area contributed by atoms with E-state index in [9.17, 15) is 13.2 Å². The molecule has 172 valence electrons. The van der Waals surface area contributed by atoms with Gasteiger partial charge >= 0.3 is 0 Å². The van der Waals surface area contributed by atoms with Gasteiger partial charge in [-0.05, 0) is 29.7 Å². The first kappa shape index (κ1) is 23.5. The number of carbonyl (C=O) groups excluding carboxylic acids is 1. The molecule has 0 unspecified atom stereocenters. The molecule has 0 bridgehead atoms. The fourth-order valence-corrected chi connectivity index (χ4v) is 6.24. The quantitative estimate of drug-likeness (QED) is 0.663. The zero-order valence-corrected chi connectivity index (χ0v) is 19.8. The lowest BCUT2D eigenvalue weighted by Crippen LogP contribution is -2.41. The molecule has 7 nitrogen and oxygen atoms in total. The van der Waals surface area contributed by atoms with Crippen molar-refractivity contribution >= 4 is 39.1 Å². The Hall–Kier alpha value is -1.68. The average Bonchev–Trinajstić information content (AvgIpc) is 2.79. The monoisotopic (exact) mass is 497 g/mol. The molecule has 2 aromatic rings. The molecule has 0 aliphatic carbocycles. The number of nitrogens with zero attached hydrogens (tertiary/aromatic N) is 2. The number of hydrogen-bond donors (Lipinski definition) is 1. The van der Waals surface area contributed by atoms with Gasteiger partial charge in [-0.25, -0.2) is 8.42 Å². The van der Waals surface area contributed by atoms with E-state index in [0.29, 0.717) is 26.3 Å². The van der Waals surface area contributed by atoms with E-state index in [1.54, 1.807) is 0 Å². The van der Waals surface area contributed by atoms with Crippen LogP contribution in [0.1, 0.15) is 21.5 Å². The minimum Gasteiger partial charge on any atom is -0.379 e. The summed E-state index contributed by atoms with van der Waals surface area (Å²) in [4.78, 5) is 14.9. The van der Waals surface area contributed by atoms with Crippen molar-refractivity contribution in [3.63, 3.8) is 0 Å². The molecule has 4 rings (SSSR count). The molecule has 2 aromatic carbocycles. The Morgan fingerprint density at radius 1 is 1.03 bits per heavy atom. The van der Waals surface area contributed by atoms with Crippen molar-refractivity contribution in [2.75, 3.05) is 45.9 Å². The van der Waals surface area contributed by atoms with Gasteiger partial charge in [-0.2, -0.15) is 4.31 Å². The van der Waals surface area contributed by atoms with Gasteiger partial charge < -0.3 is 10.1 Å². The van der Waals surface area contributed by atoms with Gasteiger partial charge in [0.2, 0.25) is 10.0 Å². The molecule has 2 heterocycles. The molecular weight excluding hydrogens is 473 g/mol. The lowest BCUT2D eigenvalue weighted by atomic mass is 10.00. The molecule has 0 atom stereocenters. The van der Waals surface area contributed by atoms with Crippen molar-refractivity contribution in [2.24, 2.45) is 0 Å². The van der Waals surface area contributed by atoms with E-state index in [2.05, 4.69) is 28.4 Å². The van der Waals surface area contributed by atoms with E-state index < -0.39 is 15.9 Å². The van der Waals surface area contributed by atoms with E-state index in [1.165, 1.54) is 27.6 Å². The summed E-state index contributed by atoms with van der Waals surface area (Å²) in [7, 11) is -3.86. The van der Waals surface area contributed by atoms with E-state index in [-0.39, 0.29) is 33.6 Å². The number of fused-ring (bicyclic) bond motifs is 1. The van der Waals surface area contributed by atoms with Gasteiger partial charge in [0, 0.05) is 39.3 Å². The number of amides is 1. The summed E-state index contributed by atoms with van der Waals surface area (Å²) < 4.78 is 32.6. The molecule has 1 amide bonds. The molecule has 0 radical (unpaired) electrons. The first-order chi connectivity index (χ1) is 15.4. The maximum Gasteiger partial charge on any atom is 0.252 e. The number of ether oxygens (including phenoxy) is 1. The van der Waals surface area contributed by atoms with Crippen LogP contribution in [0.25, 0.3) is 0 Å². The highest BCUT2D eigenvalue weighted by molar-refractivity contribution is 7.89. The van der Waals surface area contributed by atoms with Gasteiger partial charge in [0.15, 0.2) is 0 Å². The van der Waals surface area contributed by atoms with E-state index in [4.69, 9.17) is 27.9 Å². The summed E-state index contributed by atoms with van der Waals surface area (Å²) in [6.07, 6.45) is 0.982. The fraction of sp³-hybridized carbons (Fsp3) is 0.409. The van der Waals surface area contributed by atoms with Crippen LogP contribution in [0.2, 0.25) is 10.0 Å². The Morgan fingerprint density at radius 3 is 2.50 bits per heavy atom. The lowest BCUT2D eigenvalue weighted by Gasteiger charge is -2.28. The predicted molar refractivity (Wildman–Crippen MR) is 124 cm³/mol. The molecule has 2 aliphatic rings. The number of rotatable bonds is 6. The normalized spacial score (nSPS) is 17.7. The van der Waals surface area contributed by atoms with Crippen LogP contribution < -0.4 is 5.32 Å². The van der Waals surface area contributed by atoms with Gasteiger partial charge in [-0.15, -0.1) is 0 Å². The predicted octanol–water partition coefficient (Wildman–Crippen LogP) is 2.80. The zero-order valence-electron chi connectivity index (χ0n) is 17.5. The molecule has 1 fully saturated rings. The molecule has 2 aliphatic heterocycles. The number of halogens is 2. The summed E-state index contributed by atoms with van der Waals surface area (Å²) in [5, 5.41) is 2.95. The lowest BCUT2D eigenvalue weighted by molar-refractivity contribution is 0.0730. The number of carbonyl (C=O) groups is 1. The highest BCUT2D eigenvalue weighted by Crippen LogP contribution is 2.31.